The number of aryl methyl sites for hydroxylation is 1. The van der Waals surface area contributed by atoms with Gasteiger partial charge in [0.1, 0.15) is 0 Å². The average Bonchev–Trinajstić information content (AvgIpc) is 2.98. The predicted molar refractivity (Wildman–Crippen MR) is 78.7 cm³/mol. The fourth-order valence-electron chi connectivity index (χ4n) is 1.55. The molecule has 2 aromatic rings. The van der Waals surface area contributed by atoms with Gasteiger partial charge in [0, 0.05) is 5.69 Å². The number of rotatable bonds is 6. The Morgan fingerprint density at radius 3 is 2.60 bits per heavy atom. The third-order valence-electron chi connectivity index (χ3n) is 2.68. The molecular formula is C15H17N3O2. The van der Waals surface area contributed by atoms with E-state index in [0.717, 1.165) is 5.69 Å². The summed E-state index contributed by atoms with van der Waals surface area (Å²) in [5, 5.41) is 3.02. The Morgan fingerprint density at radius 2 is 1.95 bits per heavy atom. The molecule has 0 saturated heterocycles. The Labute approximate surface area is 117 Å². The Kier molecular flexibility index (Phi) is 4.44. The van der Waals surface area contributed by atoms with E-state index >= 15 is 0 Å². The SMILES string of the molecule is C=C(NNC(=O)CNc1ccc(C)cc1)c1ccco1. The number of amides is 1. The lowest BCUT2D eigenvalue weighted by Gasteiger charge is -2.10. The summed E-state index contributed by atoms with van der Waals surface area (Å²) in [6.07, 6.45) is 1.54. The molecule has 0 unspecified atom stereocenters. The lowest BCUT2D eigenvalue weighted by Crippen LogP contribution is -2.39. The highest BCUT2D eigenvalue weighted by Crippen LogP contribution is 2.08. The Morgan fingerprint density at radius 1 is 1.20 bits per heavy atom. The molecular weight excluding hydrogens is 254 g/mol. The molecule has 0 saturated carbocycles. The first-order chi connectivity index (χ1) is 9.65. The van der Waals surface area contributed by atoms with Crippen LogP contribution in [-0.2, 0) is 4.79 Å². The standard InChI is InChI=1S/C15H17N3O2/c1-11-5-7-13(8-6-11)16-10-15(19)18-17-12(2)14-4-3-9-20-14/h3-9,16-17H,2,10H2,1H3,(H,18,19). The molecule has 0 atom stereocenters. The molecule has 0 aliphatic heterocycles. The van der Waals surface area contributed by atoms with E-state index in [1.54, 1.807) is 18.4 Å². The summed E-state index contributed by atoms with van der Waals surface area (Å²) in [6.45, 7) is 5.94. The zero-order chi connectivity index (χ0) is 14.4. The van der Waals surface area contributed by atoms with Gasteiger partial charge in [-0.25, -0.2) is 0 Å². The number of carbonyl (C=O) groups excluding carboxylic acids is 1. The smallest absolute Gasteiger partial charge is 0.257 e. The van der Waals surface area contributed by atoms with Crippen molar-refractivity contribution in [3.8, 4) is 0 Å². The van der Waals surface area contributed by atoms with Gasteiger partial charge in [0.05, 0.1) is 18.5 Å². The molecule has 5 heteroatoms. The zero-order valence-corrected chi connectivity index (χ0v) is 11.3. The maximum atomic E-state index is 11.6. The van der Waals surface area contributed by atoms with Gasteiger partial charge in [-0.15, -0.1) is 0 Å². The normalized spacial score (nSPS) is 9.85. The fraction of sp³-hybridized carbons (Fsp3) is 0.133. The Bertz CT molecular complexity index is 574. The second-order valence-corrected chi connectivity index (χ2v) is 4.35. The lowest BCUT2D eigenvalue weighted by atomic mass is 10.2. The van der Waals surface area contributed by atoms with Crippen molar-refractivity contribution in [3.63, 3.8) is 0 Å². The summed E-state index contributed by atoms with van der Waals surface area (Å²) in [4.78, 5) is 11.6. The van der Waals surface area contributed by atoms with Crippen molar-refractivity contribution in [2.75, 3.05) is 11.9 Å². The van der Waals surface area contributed by atoms with Crippen molar-refractivity contribution >= 4 is 17.3 Å². The van der Waals surface area contributed by atoms with Crippen LogP contribution in [0.5, 0.6) is 0 Å². The molecule has 0 aliphatic rings. The number of carbonyl (C=O) groups is 1. The zero-order valence-electron chi connectivity index (χ0n) is 11.3. The van der Waals surface area contributed by atoms with Gasteiger partial charge < -0.3 is 9.73 Å². The summed E-state index contributed by atoms with van der Waals surface area (Å²) in [5.41, 5.74) is 7.82. The first kappa shape index (κ1) is 13.7. The Balaban J connectivity index is 1.73. The number of hydrogen-bond donors (Lipinski definition) is 3. The quantitative estimate of drug-likeness (QED) is 0.705. The minimum absolute atomic E-state index is 0.168. The van der Waals surface area contributed by atoms with Crippen LogP contribution in [0.3, 0.4) is 0 Å². The van der Waals surface area contributed by atoms with Crippen molar-refractivity contribution in [1.82, 2.24) is 10.9 Å². The summed E-state index contributed by atoms with van der Waals surface area (Å²) in [6, 6.07) is 11.3. The molecule has 1 heterocycles. The fourth-order valence-corrected chi connectivity index (χ4v) is 1.55. The second kappa shape index (κ2) is 6.47. The van der Waals surface area contributed by atoms with E-state index in [-0.39, 0.29) is 12.5 Å². The Hall–Kier alpha value is -2.69. The van der Waals surface area contributed by atoms with E-state index < -0.39 is 0 Å². The number of nitrogens with one attached hydrogen (secondary N) is 3. The molecule has 0 radical (unpaired) electrons. The predicted octanol–water partition coefficient (Wildman–Crippen LogP) is 2.29. The van der Waals surface area contributed by atoms with Crippen LogP contribution in [-0.4, -0.2) is 12.5 Å². The van der Waals surface area contributed by atoms with Crippen molar-refractivity contribution in [2.45, 2.75) is 6.92 Å². The molecule has 0 fully saturated rings. The van der Waals surface area contributed by atoms with Gasteiger partial charge in [0.15, 0.2) is 5.76 Å². The van der Waals surface area contributed by atoms with Crippen LogP contribution in [0.4, 0.5) is 5.69 Å². The number of hydrazine groups is 1. The molecule has 104 valence electrons. The van der Waals surface area contributed by atoms with E-state index in [0.29, 0.717) is 11.5 Å². The summed E-state index contributed by atoms with van der Waals surface area (Å²) in [7, 11) is 0. The van der Waals surface area contributed by atoms with Crippen LogP contribution in [0.25, 0.3) is 5.70 Å². The number of anilines is 1. The van der Waals surface area contributed by atoms with Crippen molar-refractivity contribution in [2.24, 2.45) is 0 Å². The monoisotopic (exact) mass is 271 g/mol. The van der Waals surface area contributed by atoms with Crippen molar-refractivity contribution in [1.29, 1.82) is 0 Å². The van der Waals surface area contributed by atoms with Crippen LogP contribution in [0.1, 0.15) is 11.3 Å². The van der Waals surface area contributed by atoms with Gasteiger partial charge in [-0.05, 0) is 31.2 Å². The average molecular weight is 271 g/mol. The molecule has 5 nitrogen and oxygen atoms in total. The third kappa shape index (κ3) is 3.91. The van der Waals surface area contributed by atoms with Gasteiger partial charge in [-0.2, -0.15) is 0 Å². The topological polar surface area (TPSA) is 66.3 Å². The van der Waals surface area contributed by atoms with Gasteiger partial charge in [0.25, 0.3) is 5.91 Å². The summed E-state index contributed by atoms with van der Waals surface area (Å²) < 4.78 is 5.14. The number of benzene rings is 1. The van der Waals surface area contributed by atoms with Gasteiger partial charge >= 0.3 is 0 Å². The molecule has 2 rings (SSSR count). The van der Waals surface area contributed by atoms with Crippen LogP contribution in [0, 0.1) is 6.92 Å². The molecule has 1 aromatic carbocycles. The summed E-state index contributed by atoms with van der Waals surface area (Å²) in [5.74, 6) is 0.384. The van der Waals surface area contributed by atoms with E-state index in [9.17, 15) is 4.79 Å². The highest BCUT2D eigenvalue weighted by Gasteiger charge is 2.04. The lowest BCUT2D eigenvalue weighted by molar-refractivity contribution is -0.120. The first-order valence-corrected chi connectivity index (χ1v) is 6.23. The highest BCUT2D eigenvalue weighted by atomic mass is 16.3. The first-order valence-electron chi connectivity index (χ1n) is 6.23. The number of hydrogen-bond acceptors (Lipinski definition) is 4. The third-order valence-corrected chi connectivity index (χ3v) is 2.68. The van der Waals surface area contributed by atoms with E-state index in [1.165, 1.54) is 5.56 Å². The minimum atomic E-state index is -0.196. The molecule has 0 bridgehead atoms. The summed E-state index contributed by atoms with van der Waals surface area (Å²) >= 11 is 0. The van der Waals surface area contributed by atoms with E-state index in [1.807, 2.05) is 31.2 Å². The van der Waals surface area contributed by atoms with Crippen LogP contribution in [0.15, 0.2) is 53.7 Å². The number of furan rings is 1. The van der Waals surface area contributed by atoms with Gasteiger partial charge in [-0.3, -0.25) is 15.6 Å². The van der Waals surface area contributed by atoms with Gasteiger partial charge in [0.2, 0.25) is 0 Å². The van der Waals surface area contributed by atoms with Crippen LogP contribution < -0.4 is 16.2 Å². The van der Waals surface area contributed by atoms with Crippen LogP contribution >= 0.6 is 0 Å². The molecule has 20 heavy (non-hydrogen) atoms. The molecule has 3 N–H and O–H groups in total. The van der Waals surface area contributed by atoms with Crippen molar-refractivity contribution in [3.05, 3.63) is 60.6 Å². The minimum Gasteiger partial charge on any atom is -0.463 e. The van der Waals surface area contributed by atoms with E-state index in [4.69, 9.17) is 4.42 Å². The molecule has 1 aromatic heterocycles. The van der Waals surface area contributed by atoms with E-state index in [2.05, 4.69) is 22.7 Å². The van der Waals surface area contributed by atoms with Crippen molar-refractivity contribution < 1.29 is 9.21 Å². The molecule has 0 spiro atoms. The molecule has 0 aliphatic carbocycles. The maximum absolute atomic E-state index is 11.6. The second-order valence-electron chi connectivity index (χ2n) is 4.35. The largest absolute Gasteiger partial charge is 0.463 e. The highest BCUT2D eigenvalue weighted by molar-refractivity contribution is 5.81. The van der Waals surface area contributed by atoms with Gasteiger partial charge in [-0.1, -0.05) is 24.3 Å². The molecule has 1 amide bonds. The maximum Gasteiger partial charge on any atom is 0.257 e. The van der Waals surface area contributed by atoms with Crippen LogP contribution in [0.2, 0.25) is 0 Å².